The molecule has 0 aliphatic carbocycles. The Kier molecular flexibility index (Phi) is 2.38. The van der Waals surface area contributed by atoms with Crippen LogP contribution >= 0.6 is 11.8 Å². The van der Waals surface area contributed by atoms with E-state index in [1.165, 1.54) is 12.3 Å². The highest BCUT2D eigenvalue weighted by atomic mass is 35.5. The van der Waals surface area contributed by atoms with Crippen LogP contribution < -0.4 is 11.2 Å². The van der Waals surface area contributed by atoms with Crippen molar-refractivity contribution < 1.29 is 0 Å². The lowest BCUT2D eigenvalue weighted by atomic mass is 10.4. The second-order valence-electron chi connectivity index (χ2n) is 2.71. The highest BCUT2D eigenvalue weighted by Gasteiger charge is 2.06. The van der Waals surface area contributed by atoms with Crippen LogP contribution in [0.1, 0.15) is 19.9 Å². The minimum absolute atomic E-state index is 0.170. The van der Waals surface area contributed by atoms with Crippen molar-refractivity contribution in [2.45, 2.75) is 19.9 Å². The maximum atomic E-state index is 11.2. The summed E-state index contributed by atoms with van der Waals surface area (Å²) in [6.45, 7) is 3.50. The van der Waals surface area contributed by atoms with Crippen molar-refractivity contribution in [2.75, 3.05) is 0 Å². The van der Waals surface area contributed by atoms with Gasteiger partial charge in [-0.15, -0.1) is 0 Å². The molecule has 1 heterocycles. The van der Waals surface area contributed by atoms with Crippen molar-refractivity contribution in [2.24, 2.45) is 0 Å². The number of aromatic nitrogens is 2. The summed E-state index contributed by atoms with van der Waals surface area (Å²) in [5.41, 5.74) is -0.828. The Morgan fingerprint density at radius 3 is 2.42 bits per heavy atom. The van der Waals surface area contributed by atoms with E-state index in [1.54, 1.807) is 13.8 Å². The molecule has 0 radical (unpaired) electrons. The first kappa shape index (κ1) is 9.06. The fraction of sp³-hybridized carbons (Fsp3) is 0.429. The van der Waals surface area contributed by atoms with Gasteiger partial charge in [-0.1, -0.05) is 0 Å². The molecule has 1 aromatic rings. The van der Waals surface area contributed by atoms with Crippen molar-refractivity contribution in [1.29, 1.82) is 0 Å². The van der Waals surface area contributed by atoms with Gasteiger partial charge in [-0.05, 0) is 13.8 Å². The molecule has 0 unspecified atom stereocenters. The maximum absolute atomic E-state index is 11.2. The molecular formula is C7H9ClN2O2. The first-order valence-electron chi connectivity index (χ1n) is 3.54. The van der Waals surface area contributed by atoms with Crippen LogP contribution in [0.4, 0.5) is 0 Å². The topological polar surface area (TPSA) is 44.0 Å². The molecule has 1 rings (SSSR count). The van der Waals surface area contributed by atoms with E-state index in [0.717, 1.165) is 8.65 Å². The number of nitrogens with zero attached hydrogens (tertiary/aromatic N) is 2. The monoisotopic (exact) mass is 188 g/mol. The maximum Gasteiger partial charge on any atom is 0.345 e. The van der Waals surface area contributed by atoms with Gasteiger partial charge in [-0.25, -0.2) is 8.88 Å². The van der Waals surface area contributed by atoms with Gasteiger partial charge in [-0.3, -0.25) is 9.36 Å². The summed E-state index contributed by atoms with van der Waals surface area (Å²) < 4.78 is 1.95. The number of rotatable bonds is 1. The Hall–Kier alpha value is -1.03. The highest BCUT2D eigenvalue weighted by molar-refractivity contribution is 6.15. The summed E-state index contributed by atoms with van der Waals surface area (Å²) >= 11 is 5.47. The third kappa shape index (κ3) is 1.43. The third-order valence-corrected chi connectivity index (χ3v) is 1.75. The van der Waals surface area contributed by atoms with Gasteiger partial charge in [0.05, 0.1) is 0 Å². The summed E-state index contributed by atoms with van der Waals surface area (Å²) in [4.78, 5) is 22.3. The van der Waals surface area contributed by atoms with Crippen molar-refractivity contribution in [1.82, 2.24) is 8.65 Å². The predicted molar refractivity (Wildman–Crippen MR) is 46.6 cm³/mol. The molecule has 5 heteroatoms. The molecule has 0 bridgehead atoms. The number of halogens is 1. The van der Waals surface area contributed by atoms with Crippen LogP contribution in [0.15, 0.2) is 21.9 Å². The van der Waals surface area contributed by atoms with Crippen molar-refractivity contribution in [3.05, 3.63) is 33.1 Å². The zero-order valence-electron chi connectivity index (χ0n) is 6.82. The van der Waals surface area contributed by atoms with Crippen LogP contribution in [0.25, 0.3) is 0 Å². The highest BCUT2D eigenvalue weighted by Crippen LogP contribution is 1.93. The standard InChI is InChI=1S/C7H9ClN2O2/c1-5(2)10-6(11)3-4-9(8)7(10)12/h3-5H,1-2H3. The Morgan fingerprint density at radius 1 is 1.42 bits per heavy atom. The van der Waals surface area contributed by atoms with E-state index in [2.05, 4.69) is 0 Å². The summed E-state index contributed by atoms with van der Waals surface area (Å²) in [5, 5.41) is 0. The van der Waals surface area contributed by atoms with Gasteiger partial charge in [0.15, 0.2) is 0 Å². The quantitative estimate of drug-likeness (QED) is 0.648. The lowest BCUT2D eigenvalue weighted by Gasteiger charge is -2.07. The molecule has 0 N–H and O–H groups in total. The van der Waals surface area contributed by atoms with Crippen LogP contribution in [0, 0.1) is 0 Å². The van der Waals surface area contributed by atoms with E-state index in [-0.39, 0.29) is 11.6 Å². The van der Waals surface area contributed by atoms with Crippen molar-refractivity contribution in [3.63, 3.8) is 0 Å². The van der Waals surface area contributed by atoms with Crippen molar-refractivity contribution >= 4 is 11.8 Å². The van der Waals surface area contributed by atoms with E-state index < -0.39 is 5.69 Å². The van der Waals surface area contributed by atoms with Gasteiger partial charge in [0.2, 0.25) is 0 Å². The Labute approximate surface area is 74.1 Å². The summed E-state index contributed by atoms with van der Waals surface area (Å²) in [7, 11) is 0. The molecule has 0 aliphatic rings. The molecule has 66 valence electrons. The van der Waals surface area contributed by atoms with E-state index in [9.17, 15) is 9.59 Å². The fourth-order valence-corrected chi connectivity index (χ4v) is 1.08. The van der Waals surface area contributed by atoms with E-state index in [1.807, 2.05) is 0 Å². The Morgan fingerprint density at radius 2 is 2.00 bits per heavy atom. The van der Waals surface area contributed by atoms with E-state index in [4.69, 9.17) is 11.8 Å². The van der Waals surface area contributed by atoms with Gasteiger partial charge in [-0.2, -0.15) is 0 Å². The summed E-state index contributed by atoms with van der Waals surface area (Å²) in [6, 6.07) is 1.09. The SMILES string of the molecule is CC(C)n1c(=O)ccn(Cl)c1=O. The molecule has 4 nitrogen and oxygen atoms in total. The first-order valence-corrected chi connectivity index (χ1v) is 3.88. The predicted octanol–water partition coefficient (Wildman–Crippen LogP) is 0.593. The molecule has 0 saturated heterocycles. The second-order valence-corrected chi connectivity index (χ2v) is 3.08. The van der Waals surface area contributed by atoms with Crippen LogP contribution in [-0.4, -0.2) is 8.65 Å². The molecule has 0 amide bonds. The molecule has 0 fully saturated rings. The average Bonchev–Trinajstić information content (AvgIpc) is 1.97. The van der Waals surface area contributed by atoms with E-state index >= 15 is 0 Å². The molecule has 1 aromatic heterocycles. The zero-order valence-corrected chi connectivity index (χ0v) is 7.58. The summed E-state index contributed by atoms with van der Waals surface area (Å²) in [5.74, 6) is 0. The van der Waals surface area contributed by atoms with Crippen LogP contribution in [0.2, 0.25) is 0 Å². The normalized spacial score (nSPS) is 10.7. The molecule has 0 saturated carbocycles. The fourth-order valence-electron chi connectivity index (χ4n) is 0.946. The number of hydrogen-bond acceptors (Lipinski definition) is 2. The Bertz CT molecular complexity index is 391. The zero-order chi connectivity index (χ0) is 9.30. The molecule has 12 heavy (non-hydrogen) atoms. The smallest absolute Gasteiger partial charge is 0.269 e. The van der Waals surface area contributed by atoms with E-state index in [0.29, 0.717) is 0 Å². The largest absolute Gasteiger partial charge is 0.345 e. The molecular weight excluding hydrogens is 180 g/mol. The average molecular weight is 189 g/mol. The lowest BCUT2D eigenvalue weighted by molar-refractivity contribution is 0.540. The molecule has 0 atom stereocenters. The van der Waals surface area contributed by atoms with Gasteiger partial charge in [0, 0.05) is 30.1 Å². The van der Waals surface area contributed by atoms with Gasteiger partial charge < -0.3 is 0 Å². The minimum Gasteiger partial charge on any atom is -0.269 e. The minimum atomic E-state index is -0.501. The van der Waals surface area contributed by atoms with Gasteiger partial charge in [0.1, 0.15) is 0 Å². The van der Waals surface area contributed by atoms with Crippen LogP contribution in [-0.2, 0) is 0 Å². The second kappa shape index (κ2) is 3.15. The van der Waals surface area contributed by atoms with Crippen LogP contribution in [0.3, 0.4) is 0 Å². The Balaban J connectivity index is 3.55. The third-order valence-electron chi connectivity index (χ3n) is 1.49. The molecule has 0 spiro atoms. The molecule has 0 aliphatic heterocycles. The van der Waals surface area contributed by atoms with Crippen molar-refractivity contribution in [3.8, 4) is 0 Å². The van der Waals surface area contributed by atoms with Gasteiger partial charge >= 0.3 is 5.69 Å². The molecule has 0 aromatic carbocycles. The number of hydrogen-bond donors (Lipinski definition) is 0. The lowest BCUT2D eigenvalue weighted by Crippen LogP contribution is -2.37. The van der Waals surface area contributed by atoms with Gasteiger partial charge in [0.25, 0.3) is 5.56 Å². The first-order chi connectivity index (χ1) is 5.54. The van der Waals surface area contributed by atoms with Crippen LogP contribution in [0.5, 0.6) is 0 Å². The summed E-state index contributed by atoms with van der Waals surface area (Å²) in [6.07, 6.45) is 1.24.